The molecule has 2 aliphatic carbocycles. The van der Waals surface area contributed by atoms with E-state index in [1.807, 2.05) is 0 Å². The molecule has 0 radical (unpaired) electrons. The van der Waals surface area contributed by atoms with Crippen LogP contribution in [-0.2, 0) is 14.9 Å². The topological polar surface area (TPSA) is 41.6 Å². The zero-order valence-electron chi connectivity index (χ0n) is 15.0. The van der Waals surface area contributed by atoms with Gasteiger partial charge < -0.3 is 10.1 Å². The van der Waals surface area contributed by atoms with Crippen LogP contribution in [0.2, 0.25) is 0 Å². The highest BCUT2D eigenvalue weighted by molar-refractivity contribution is 5.82. The highest BCUT2D eigenvalue weighted by Crippen LogP contribution is 2.79. The van der Waals surface area contributed by atoms with Crippen LogP contribution in [0.25, 0.3) is 0 Å². The lowest BCUT2D eigenvalue weighted by Crippen LogP contribution is -2.63. The smallest absolute Gasteiger partial charge is 0.311 e. The van der Waals surface area contributed by atoms with Gasteiger partial charge in [0.2, 0.25) is 0 Å². The van der Waals surface area contributed by atoms with Crippen molar-refractivity contribution in [1.29, 1.82) is 0 Å². The Morgan fingerprint density at radius 2 is 2.12 bits per heavy atom. The number of esters is 1. The molecular weight excluding hydrogens is 312 g/mol. The van der Waals surface area contributed by atoms with Crippen LogP contribution < -0.4 is 5.32 Å². The molecule has 25 heavy (non-hydrogen) atoms. The molecule has 1 N–H and O–H groups in total. The number of ether oxygens (including phenoxy) is 1. The first-order chi connectivity index (χ1) is 12.1. The minimum atomic E-state index is -0.173. The van der Waals surface area contributed by atoms with E-state index in [4.69, 9.17) is 4.74 Å². The molecule has 6 atom stereocenters. The summed E-state index contributed by atoms with van der Waals surface area (Å²) < 4.78 is 5.32. The normalized spacial score (nSPS) is 48.6. The van der Waals surface area contributed by atoms with Crippen LogP contribution in [0.1, 0.15) is 38.2 Å². The second-order valence-corrected chi connectivity index (χ2v) is 9.04. The third kappa shape index (κ3) is 1.23. The summed E-state index contributed by atoms with van der Waals surface area (Å²) in [5.74, 6) is 0.449. The minimum absolute atomic E-state index is 0.00844. The van der Waals surface area contributed by atoms with Crippen molar-refractivity contribution < 1.29 is 9.53 Å². The maximum Gasteiger partial charge on any atom is 0.311 e. The van der Waals surface area contributed by atoms with Crippen LogP contribution in [0.5, 0.6) is 0 Å². The van der Waals surface area contributed by atoms with Crippen LogP contribution in [0.3, 0.4) is 0 Å². The Kier molecular flexibility index (Phi) is 2.47. The number of methoxy groups -OCH3 is 1. The van der Waals surface area contributed by atoms with E-state index in [0.717, 1.165) is 6.42 Å². The van der Waals surface area contributed by atoms with Gasteiger partial charge in [-0.25, -0.2) is 0 Å². The van der Waals surface area contributed by atoms with Crippen molar-refractivity contribution in [3.63, 3.8) is 0 Å². The number of carbonyl (C=O) groups is 1. The fraction of sp³-hybridized carbons (Fsp3) is 0.667. The summed E-state index contributed by atoms with van der Waals surface area (Å²) in [4.78, 5) is 15.7. The van der Waals surface area contributed by atoms with Crippen molar-refractivity contribution in [3.8, 4) is 0 Å². The third-order valence-corrected chi connectivity index (χ3v) is 8.91. The van der Waals surface area contributed by atoms with Gasteiger partial charge in [0.15, 0.2) is 0 Å². The molecule has 5 aliphatic rings. The van der Waals surface area contributed by atoms with Gasteiger partial charge in [-0.05, 0) is 61.7 Å². The summed E-state index contributed by atoms with van der Waals surface area (Å²) in [6.07, 6.45) is 4.69. The van der Waals surface area contributed by atoms with Crippen molar-refractivity contribution in [3.05, 3.63) is 29.8 Å². The summed E-state index contributed by atoms with van der Waals surface area (Å²) in [5.41, 5.74) is 2.88. The number of piperidine rings is 1. The molecule has 0 unspecified atom stereocenters. The molecule has 4 fully saturated rings. The van der Waals surface area contributed by atoms with Gasteiger partial charge >= 0.3 is 5.97 Å². The molecule has 2 saturated carbocycles. The third-order valence-electron chi connectivity index (χ3n) is 8.91. The molecule has 3 spiro atoms. The predicted octanol–water partition coefficient (Wildman–Crippen LogP) is 2.79. The van der Waals surface area contributed by atoms with Gasteiger partial charge in [0.1, 0.15) is 0 Å². The van der Waals surface area contributed by atoms with Crippen molar-refractivity contribution in [2.45, 2.75) is 49.6 Å². The molecule has 0 amide bonds. The molecule has 0 aromatic heterocycles. The number of anilines is 1. The molecule has 2 bridgehead atoms. The van der Waals surface area contributed by atoms with Crippen LogP contribution in [0.15, 0.2) is 24.3 Å². The quantitative estimate of drug-likeness (QED) is 0.800. The fourth-order valence-corrected chi connectivity index (χ4v) is 8.44. The van der Waals surface area contributed by atoms with E-state index in [1.165, 1.54) is 43.6 Å². The zero-order valence-corrected chi connectivity index (χ0v) is 15.0. The van der Waals surface area contributed by atoms with Gasteiger partial charge in [0, 0.05) is 17.1 Å². The molecule has 2 saturated heterocycles. The number of hydrogen-bond acceptors (Lipinski definition) is 4. The van der Waals surface area contributed by atoms with Crippen LogP contribution in [0.4, 0.5) is 5.69 Å². The van der Waals surface area contributed by atoms with Gasteiger partial charge in [-0.3, -0.25) is 9.69 Å². The lowest BCUT2D eigenvalue weighted by molar-refractivity contribution is -0.150. The van der Waals surface area contributed by atoms with E-state index in [9.17, 15) is 4.79 Å². The van der Waals surface area contributed by atoms with Gasteiger partial charge in [-0.2, -0.15) is 0 Å². The van der Waals surface area contributed by atoms with Crippen LogP contribution >= 0.6 is 0 Å². The number of nitrogens with zero attached hydrogens (tertiary/aromatic N) is 1. The minimum Gasteiger partial charge on any atom is -0.469 e. The molecule has 3 heterocycles. The van der Waals surface area contributed by atoms with E-state index in [-0.39, 0.29) is 28.3 Å². The SMILES string of the molecule is COC(=O)[C@H]1C[C@@]23CCCN4CC[C@@]5(c6ccccc6N[C@]15[C@H]2C)[C@@H]43. The Labute approximate surface area is 148 Å². The number of rotatable bonds is 1. The first kappa shape index (κ1) is 14.6. The maximum atomic E-state index is 12.9. The Morgan fingerprint density at radius 3 is 2.96 bits per heavy atom. The molecule has 1 aromatic rings. The second kappa shape index (κ2) is 4.22. The van der Waals surface area contributed by atoms with Crippen LogP contribution in [-0.4, -0.2) is 42.6 Å². The highest BCUT2D eigenvalue weighted by atomic mass is 16.5. The number of nitrogens with one attached hydrogen (secondary N) is 1. The van der Waals surface area contributed by atoms with E-state index in [0.29, 0.717) is 12.0 Å². The second-order valence-electron chi connectivity index (χ2n) is 9.04. The fourth-order valence-electron chi connectivity index (χ4n) is 8.44. The van der Waals surface area contributed by atoms with Crippen molar-refractivity contribution in [2.75, 3.05) is 25.5 Å². The number of carbonyl (C=O) groups excluding carboxylic acids is 1. The molecule has 132 valence electrons. The van der Waals surface area contributed by atoms with E-state index in [1.54, 1.807) is 7.11 Å². The average Bonchev–Trinajstić information content (AvgIpc) is 3.29. The zero-order chi connectivity index (χ0) is 17.0. The number of fused-ring (bicyclic) bond motifs is 1. The first-order valence-electron chi connectivity index (χ1n) is 9.81. The standard InChI is InChI=1S/C21H26N2O2/c1-13-19-8-5-10-23-11-9-20(18(19)23)14-6-3-4-7-16(14)22-21(13,20)15(12-19)17(24)25-2/h3-4,6-7,13,15,18,22H,5,8-12H2,1-2H3/t13-,15+,18-,19-,20+,21+/m0/s1. The van der Waals surface area contributed by atoms with E-state index < -0.39 is 0 Å². The monoisotopic (exact) mass is 338 g/mol. The number of hydrogen-bond donors (Lipinski definition) is 1. The Hall–Kier alpha value is -1.55. The Morgan fingerprint density at radius 1 is 1.28 bits per heavy atom. The summed E-state index contributed by atoms with van der Waals surface area (Å²) in [6.45, 7) is 4.82. The van der Waals surface area contributed by atoms with E-state index >= 15 is 0 Å². The maximum absolute atomic E-state index is 12.9. The molecular formula is C21H26N2O2. The van der Waals surface area contributed by atoms with Crippen molar-refractivity contribution in [1.82, 2.24) is 4.90 Å². The molecule has 1 aromatic carbocycles. The number of para-hydroxylation sites is 1. The van der Waals surface area contributed by atoms with Crippen molar-refractivity contribution >= 4 is 11.7 Å². The lowest BCUT2D eigenvalue weighted by Gasteiger charge is -2.52. The van der Waals surface area contributed by atoms with Crippen LogP contribution in [0, 0.1) is 17.3 Å². The molecule has 4 nitrogen and oxygen atoms in total. The summed E-state index contributed by atoms with van der Waals surface area (Å²) in [5, 5.41) is 3.96. The van der Waals surface area contributed by atoms with Gasteiger partial charge in [-0.15, -0.1) is 0 Å². The molecule has 4 heteroatoms. The lowest BCUT2D eigenvalue weighted by atomic mass is 9.56. The predicted molar refractivity (Wildman–Crippen MR) is 95.4 cm³/mol. The average molecular weight is 338 g/mol. The van der Waals surface area contributed by atoms with Crippen molar-refractivity contribution in [2.24, 2.45) is 17.3 Å². The molecule has 6 rings (SSSR count). The van der Waals surface area contributed by atoms with Gasteiger partial charge in [0.05, 0.1) is 18.6 Å². The Bertz CT molecular complexity index is 794. The highest BCUT2D eigenvalue weighted by Gasteiger charge is 2.86. The Balaban J connectivity index is 1.67. The summed E-state index contributed by atoms with van der Waals surface area (Å²) in [7, 11) is 1.56. The van der Waals surface area contributed by atoms with Gasteiger partial charge in [0.25, 0.3) is 0 Å². The summed E-state index contributed by atoms with van der Waals surface area (Å²) in [6, 6.07) is 9.42. The molecule has 3 aliphatic heterocycles. The largest absolute Gasteiger partial charge is 0.469 e. The first-order valence-corrected chi connectivity index (χ1v) is 9.81. The van der Waals surface area contributed by atoms with Gasteiger partial charge in [-0.1, -0.05) is 25.1 Å². The van der Waals surface area contributed by atoms with E-state index in [2.05, 4.69) is 41.4 Å². The number of benzene rings is 1. The summed E-state index contributed by atoms with van der Waals surface area (Å²) >= 11 is 0.